The van der Waals surface area contributed by atoms with Gasteiger partial charge in [0.2, 0.25) is 0 Å². The Hall–Kier alpha value is -1.43. The molecule has 0 aliphatic rings. The van der Waals surface area contributed by atoms with Gasteiger partial charge in [-0.25, -0.2) is 0 Å². The molecule has 0 amide bonds. The molecule has 1 heterocycles. The molecule has 0 radical (unpaired) electrons. The monoisotopic (exact) mass is 369 g/mol. The third-order valence-electron chi connectivity index (χ3n) is 2.76. The number of rotatable bonds is 1. The van der Waals surface area contributed by atoms with Crippen molar-refractivity contribution in [3.05, 3.63) is 64.2 Å². The summed E-state index contributed by atoms with van der Waals surface area (Å²) in [7, 11) is 0. The van der Waals surface area contributed by atoms with Crippen LogP contribution in [0.1, 0.15) is 0 Å². The lowest BCUT2D eigenvalue weighted by Crippen LogP contribution is -1.90. The summed E-state index contributed by atoms with van der Waals surface area (Å²) in [6.07, 6.45) is 2.04. The SMILES string of the molecule is Clc1cc(Br)cc2c1ccn2-c1ccccc1.O=S=O. The first-order chi connectivity index (χ1) is 9.67. The fourth-order valence-corrected chi connectivity index (χ4v) is 2.83. The summed E-state index contributed by atoms with van der Waals surface area (Å²) in [5.74, 6) is 0. The zero-order valence-electron chi connectivity index (χ0n) is 10.1. The van der Waals surface area contributed by atoms with Gasteiger partial charge in [0.15, 0.2) is 0 Å². The van der Waals surface area contributed by atoms with Crippen molar-refractivity contribution in [1.29, 1.82) is 0 Å². The molecule has 0 saturated carbocycles. The van der Waals surface area contributed by atoms with Gasteiger partial charge >= 0.3 is 11.6 Å². The van der Waals surface area contributed by atoms with Gasteiger partial charge in [0.25, 0.3) is 0 Å². The summed E-state index contributed by atoms with van der Waals surface area (Å²) in [4.78, 5) is 0. The van der Waals surface area contributed by atoms with E-state index in [1.165, 1.54) is 0 Å². The minimum Gasteiger partial charge on any atom is -0.316 e. The van der Waals surface area contributed by atoms with Crippen LogP contribution in [-0.4, -0.2) is 13.0 Å². The molecule has 6 heteroatoms. The Balaban J connectivity index is 0.000000452. The van der Waals surface area contributed by atoms with Gasteiger partial charge in [-0.15, -0.1) is 0 Å². The molecule has 0 atom stereocenters. The molecular weight excluding hydrogens is 362 g/mol. The van der Waals surface area contributed by atoms with Crippen LogP contribution in [0.2, 0.25) is 5.02 Å². The maximum atomic E-state index is 8.29. The Morgan fingerprint density at radius 2 is 1.70 bits per heavy atom. The molecule has 0 spiro atoms. The third-order valence-corrected chi connectivity index (χ3v) is 3.53. The normalized spacial score (nSPS) is 9.90. The number of halogens is 2. The van der Waals surface area contributed by atoms with Crippen molar-refractivity contribution in [3.8, 4) is 5.69 Å². The van der Waals surface area contributed by atoms with Crippen LogP contribution in [0, 0.1) is 0 Å². The molecule has 0 aliphatic heterocycles. The highest BCUT2D eigenvalue weighted by Gasteiger charge is 2.07. The van der Waals surface area contributed by atoms with Gasteiger partial charge in [0.1, 0.15) is 0 Å². The van der Waals surface area contributed by atoms with Crippen molar-refractivity contribution in [1.82, 2.24) is 4.57 Å². The van der Waals surface area contributed by atoms with E-state index >= 15 is 0 Å². The van der Waals surface area contributed by atoms with E-state index in [2.05, 4.69) is 38.7 Å². The number of para-hydroxylation sites is 1. The van der Waals surface area contributed by atoms with Crippen molar-refractivity contribution in [2.24, 2.45) is 0 Å². The van der Waals surface area contributed by atoms with Crippen LogP contribution in [0.4, 0.5) is 0 Å². The fraction of sp³-hybridized carbons (Fsp3) is 0. The standard InChI is InChI=1S/C14H9BrClN.O2S/c15-10-8-13(16)12-6-7-17(14(12)9-10)11-4-2-1-3-5-11;1-3-2/h1-9H;. The van der Waals surface area contributed by atoms with Crippen LogP contribution < -0.4 is 0 Å². The van der Waals surface area contributed by atoms with E-state index in [0.29, 0.717) is 0 Å². The van der Waals surface area contributed by atoms with E-state index in [1.54, 1.807) is 0 Å². The van der Waals surface area contributed by atoms with Crippen molar-refractivity contribution >= 4 is 50.0 Å². The summed E-state index contributed by atoms with van der Waals surface area (Å²) in [6.45, 7) is 0. The molecule has 0 unspecified atom stereocenters. The van der Waals surface area contributed by atoms with Gasteiger partial charge in [0.05, 0.1) is 10.5 Å². The highest BCUT2D eigenvalue weighted by molar-refractivity contribution is 9.10. The first kappa shape index (κ1) is 15.0. The summed E-state index contributed by atoms with van der Waals surface area (Å²) in [5.41, 5.74) is 2.24. The van der Waals surface area contributed by atoms with Gasteiger partial charge < -0.3 is 4.57 Å². The van der Waals surface area contributed by atoms with E-state index in [-0.39, 0.29) is 0 Å². The number of hydrogen-bond donors (Lipinski definition) is 0. The topological polar surface area (TPSA) is 39.1 Å². The number of hydrogen-bond acceptors (Lipinski definition) is 2. The van der Waals surface area contributed by atoms with Gasteiger partial charge in [-0.05, 0) is 30.3 Å². The molecule has 0 saturated heterocycles. The maximum Gasteiger partial charge on any atom is 0.335 e. The van der Waals surface area contributed by atoms with Crippen LogP contribution in [0.5, 0.6) is 0 Å². The molecule has 0 N–H and O–H groups in total. The molecule has 0 aliphatic carbocycles. The summed E-state index contributed by atoms with van der Waals surface area (Å²) >= 11 is 8.95. The average Bonchev–Trinajstić information content (AvgIpc) is 2.84. The van der Waals surface area contributed by atoms with E-state index in [4.69, 9.17) is 20.0 Å². The molecule has 0 bridgehead atoms. The van der Waals surface area contributed by atoms with Crippen molar-refractivity contribution in [3.63, 3.8) is 0 Å². The first-order valence-corrected chi connectivity index (χ1v) is 7.44. The Kier molecular flexibility index (Phi) is 5.11. The predicted molar refractivity (Wildman–Crippen MR) is 84.9 cm³/mol. The molecule has 2 aromatic carbocycles. The number of fused-ring (bicyclic) bond motifs is 1. The number of aromatic nitrogens is 1. The van der Waals surface area contributed by atoms with Gasteiger partial charge in [-0.3, -0.25) is 0 Å². The zero-order valence-corrected chi connectivity index (χ0v) is 13.3. The third kappa shape index (κ3) is 3.17. The first-order valence-electron chi connectivity index (χ1n) is 5.60. The number of nitrogens with zero attached hydrogens (tertiary/aromatic N) is 1. The second kappa shape index (κ2) is 6.83. The summed E-state index contributed by atoms with van der Waals surface area (Å²) in [5, 5.41) is 1.84. The van der Waals surface area contributed by atoms with Gasteiger partial charge in [-0.1, -0.05) is 45.7 Å². The van der Waals surface area contributed by atoms with Gasteiger partial charge in [-0.2, -0.15) is 8.42 Å². The van der Waals surface area contributed by atoms with Crippen LogP contribution in [0.3, 0.4) is 0 Å². The quantitative estimate of drug-likeness (QED) is 0.638. The smallest absolute Gasteiger partial charge is 0.316 e. The molecule has 20 heavy (non-hydrogen) atoms. The van der Waals surface area contributed by atoms with E-state index in [0.717, 1.165) is 26.1 Å². The zero-order chi connectivity index (χ0) is 14.5. The largest absolute Gasteiger partial charge is 0.335 e. The molecule has 102 valence electrons. The van der Waals surface area contributed by atoms with Crippen LogP contribution in [-0.2, 0) is 11.6 Å². The minimum absolute atomic E-state index is 0.750. The second-order valence-corrected chi connectivity index (χ2v) is 5.37. The Morgan fingerprint density at radius 1 is 1.05 bits per heavy atom. The molecule has 3 aromatic rings. The van der Waals surface area contributed by atoms with Crippen LogP contribution in [0.15, 0.2) is 59.2 Å². The highest BCUT2D eigenvalue weighted by Crippen LogP contribution is 2.30. The van der Waals surface area contributed by atoms with Gasteiger partial charge in [0, 0.05) is 21.7 Å². The Labute approximate surface area is 132 Å². The predicted octanol–water partition coefficient (Wildman–Crippen LogP) is 4.38. The molecule has 0 fully saturated rings. The van der Waals surface area contributed by atoms with Crippen LogP contribution in [0.25, 0.3) is 16.6 Å². The molecular formula is C14H9BrClNO2S. The van der Waals surface area contributed by atoms with Crippen molar-refractivity contribution in [2.45, 2.75) is 0 Å². The van der Waals surface area contributed by atoms with E-state index in [9.17, 15) is 0 Å². The lowest BCUT2D eigenvalue weighted by Gasteiger charge is -2.05. The summed E-state index contributed by atoms with van der Waals surface area (Å²) in [6, 6.07) is 16.3. The Bertz CT molecular complexity index is 767. The maximum absolute atomic E-state index is 8.29. The lowest BCUT2D eigenvalue weighted by atomic mass is 10.2. The lowest BCUT2D eigenvalue weighted by molar-refractivity contribution is 0.630. The second-order valence-electron chi connectivity index (χ2n) is 3.91. The summed E-state index contributed by atoms with van der Waals surface area (Å²) < 4.78 is 19.7. The Morgan fingerprint density at radius 3 is 2.35 bits per heavy atom. The minimum atomic E-state index is -0.750. The van der Waals surface area contributed by atoms with Crippen molar-refractivity contribution in [2.75, 3.05) is 0 Å². The van der Waals surface area contributed by atoms with Crippen molar-refractivity contribution < 1.29 is 8.42 Å². The van der Waals surface area contributed by atoms with Crippen LogP contribution >= 0.6 is 27.5 Å². The highest BCUT2D eigenvalue weighted by atomic mass is 79.9. The molecule has 1 aromatic heterocycles. The van der Waals surface area contributed by atoms with E-state index < -0.39 is 11.6 Å². The average molecular weight is 371 g/mol. The van der Waals surface area contributed by atoms with E-state index in [1.807, 2.05) is 36.5 Å². The fourth-order valence-electron chi connectivity index (χ4n) is 1.98. The number of benzene rings is 2. The molecule has 3 rings (SSSR count). The molecule has 3 nitrogen and oxygen atoms in total.